The molecule has 1 aromatic heterocycles. The SMILES string of the molecule is CCCCn1c(N)c(N(CCC(C)C)C(=O)CCc2cccc(Cl)c2Cl)c(=O)[nH]c1=O. The fraction of sp³-hybridized carbons (Fsp3) is 0.500. The Morgan fingerprint density at radius 3 is 2.61 bits per heavy atom. The first kappa shape index (κ1) is 25.0. The number of hydrogen-bond donors (Lipinski definition) is 2. The number of aromatic amines is 1. The van der Waals surface area contributed by atoms with Gasteiger partial charge in [-0.1, -0.05) is 62.5 Å². The quantitative estimate of drug-likeness (QED) is 0.544. The Hall–Kier alpha value is -2.25. The molecular formula is C22H30Cl2N4O3. The van der Waals surface area contributed by atoms with Gasteiger partial charge in [-0.05, 0) is 36.8 Å². The Bertz CT molecular complexity index is 1030. The number of nitrogens with one attached hydrogen (secondary N) is 1. The molecule has 3 N–H and O–H groups in total. The number of halogens is 2. The highest BCUT2D eigenvalue weighted by Crippen LogP contribution is 2.27. The molecule has 0 saturated carbocycles. The molecule has 0 fully saturated rings. The number of aromatic nitrogens is 2. The fourth-order valence-corrected chi connectivity index (χ4v) is 3.66. The van der Waals surface area contributed by atoms with E-state index in [1.54, 1.807) is 12.1 Å². The van der Waals surface area contributed by atoms with E-state index in [2.05, 4.69) is 4.98 Å². The molecule has 2 aromatic rings. The van der Waals surface area contributed by atoms with Crippen molar-refractivity contribution in [1.82, 2.24) is 9.55 Å². The molecule has 0 radical (unpaired) electrons. The van der Waals surface area contributed by atoms with Gasteiger partial charge >= 0.3 is 5.69 Å². The van der Waals surface area contributed by atoms with Crippen LogP contribution in [0.3, 0.4) is 0 Å². The molecule has 0 aliphatic carbocycles. The third-order valence-corrected chi connectivity index (χ3v) is 5.95. The minimum Gasteiger partial charge on any atom is -0.383 e. The largest absolute Gasteiger partial charge is 0.383 e. The number of carbonyl (C=O) groups is 1. The van der Waals surface area contributed by atoms with Gasteiger partial charge in [-0.25, -0.2) is 4.79 Å². The topological polar surface area (TPSA) is 101 Å². The van der Waals surface area contributed by atoms with Gasteiger partial charge in [0.15, 0.2) is 5.69 Å². The van der Waals surface area contributed by atoms with Crippen molar-refractivity contribution in [2.24, 2.45) is 5.92 Å². The Morgan fingerprint density at radius 2 is 1.97 bits per heavy atom. The Kier molecular flexibility index (Phi) is 9.19. The van der Waals surface area contributed by atoms with Crippen molar-refractivity contribution in [1.29, 1.82) is 0 Å². The van der Waals surface area contributed by atoms with Crippen LogP contribution >= 0.6 is 23.2 Å². The third kappa shape index (κ3) is 6.37. The van der Waals surface area contributed by atoms with Gasteiger partial charge in [0.1, 0.15) is 5.82 Å². The summed E-state index contributed by atoms with van der Waals surface area (Å²) in [6.07, 6.45) is 2.74. The average molecular weight is 469 g/mol. The van der Waals surface area contributed by atoms with Crippen molar-refractivity contribution < 1.29 is 4.79 Å². The van der Waals surface area contributed by atoms with Crippen LogP contribution in [0.2, 0.25) is 10.0 Å². The first-order valence-corrected chi connectivity index (χ1v) is 11.3. The lowest BCUT2D eigenvalue weighted by atomic mass is 10.1. The van der Waals surface area contributed by atoms with Crippen molar-refractivity contribution in [2.75, 3.05) is 17.2 Å². The lowest BCUT2D eigenvalue weighted by Gasteiger charge is -2.25. The van der Waals surface area contributed by atoms with E-state index >= 15 is 0 Å². The molecule has 1 amide bonds. The molecule has 2 rings (SSSR count). The molecule has 0 aliphatic heterocycles. The van der Waals surface area contributed by atoms with Crippen molar-refractivity contribution in [3.05, 3.63) is 54.6 Å². The molecular weight excluding hydrogens is 439 g/mol. The Balaban J connectivity index is 2.39. The molecule has 0 atom stereocenters. The maximum Gasteiger partial charge on any atom is 0.330 e. The highest BCUT2D eigenvalue weighted by Gasteiger charge is 2.24. The van der Waals surface area contributed by atoms with E-state index in [0.717, 1.165) is 18.4 Å². The van der Waals surface area contributed by atoms with Gasteiger partial charge in [-0.15, -0.1) is 0 Å². The van der Waals surface area contributed by atoms with Crippen molar-refractivity contribution >= 4 is 40.6 Å². The molecule has 9 heteroatoms. The second-order valence-electron chi connectivity index (χ2n) is 7.94. The number of anilines is 2. The van der Waals surface area contributed by atoms with Gasteiger partial charge < -0.3 is 10.6 Å². The smallest absolute Gasteiger partial charge is 0.330 e. The van der Waals surface area contributed by atoms with Gasteiger partial charge in [-0.3, -0.25) is 19.1 Å². The molecule has 170 valence electrons. The molecule has 0 saturated heterocycles. The summed E-state index contributed by atoms with van der Waals surface area (Å²) in [7, 11) is 0. The van der Waals surface area contributed by atoms with Crippen molar-refractivity contribution in [3.63, 3.8) is 0 Å². The second-order valence-corrected chi connectivity index (χ2v) is 8.72. The summed E-state index contributed by atoms with van der Waals surface area (Å²) in [4.78, 5) is 41.8. The maximum atomic E-state index is 13.2. The zero-order valence-electron chi connectivity index (χ0n) is 18.2. The number of nitrogens with zero attached hydrogens (tertiary/aromatic N) is 2. The number of benzene rings is 1. The fourth-order valence-electron chi connectivity index (χ4n) is 3.24. The van der Waals surface area contributed by atoms with E-state index in [4.69, 9.17) is 28.9 Å². The summed E-state index contributed by atoms with van der Waals surface area (Å²) in [5.74, 6) is 0.0543. The van der Waals surface area contributed by atoms with Crippen molar-refractivity contribution in [3.8, 4) is 0 Å². The number of nitrogen functional groups attached to an aromatic ring is 1. The molecule has 1 heterocycles. The van der Waals surface area contributed by atoms with Gasteiger partial charge in [0.25, 0.3) is 5.56 Å². The number of carbonyl (C=O) groups excluding carboxylic acids is 1. The van der Waals surface area contributed by atoms with E-state index in [1.807, 2.05) is 26.8 Å². The van der Waals surface area contributed by atoms with Gasteiger partial charge in [-0.2, -0.15) is 0 Å². The highest BCUT2D eigenvalue weighted by molar-refractivity contribution is 6.42. The number of nitrogens with two attached hydrogens (primary N) is 1. The summed E-state index contributed by atoms with van der Waals surface area (Å²) in [6, 6.07) is 5.27. The normalized spacial score (nSPS) is 11.2. The van der Waals surface area contributed by atoms with Gasteiger partial charge in [0, 0.05) is 19.5 Å². The summed E-state index contributed by atoms with van der Waals surface area (Å²) < 4.78 is 1.32. The number of H-pyrrole nitrogens is 1. The molecule has 0 bridgehead atoms. The summed E-state index contributed by atoms with van der Waals surface area (Å²) >= 11 is 12.3. The zero-order valence-corrected chi connectivity index (χ0v) is 19.7. The Morgan fingerprint density at radius 1 is 1.26 bits per heavy atom. The van der Waals surface area contributed by atoms with Crippen LogP contribution in [0.1, 0.15) is 52.0 Å². The minimum atomic E-state index is -0.659. The van der Waals surface area contributed by atoms with Crippen LogP contribution < -0.4 is 21.9 Å². The number of rotatable bonds is 10. The minimum absolute atomic E-state index is 0.0140. The number of hydrogen-bond acceptors (Lipinski definition) is 4. The average Bonchev–Trinajstić information content (AvgIpc) is 2.70. The van der Waals surface area contributed by atoms with E-state index < -0.39 is 11.2 Å². The van der Waals surface area contributed by atoms with E-state index in [0.29, 0.717) is 41.9 Å². The van der Waals surface area contributed by atoms with Crippen LogP contribution in [0.15, 0.2) is 27.8 Å². The van der Waals surface area contributed by atoms with Crippen LogP contribution in [0.25, 0.3) is 0 Å². The highest BCUT2D eigenvalue weighted by atomic mass is 35.5. The first-order valence-electron chi connectivity index (χ1n) is 10.5. The van der Waals surface area contributed by atoms with Crippen LogP contribution in [-0.4, -0.2) is 22.0 Å². The van der Waals surface area contributed by atoms with Crippen LogP contribution in [0.5, 0.6) is 0 Å². The molecule has 1 aromatic carbocycles. The monoisotopic (exact) mass is 468 g/mol. The number of aryl methyl sites for hydroxylation is 1. The molecule has 0 aliphatic rings. The van der Waals surface area contributed by atoms with Crippen molar-refractivity contribution in [2.45, 2.75) is 59.4 Å². The zero-order chi connectivity index (χ0) is 23.1. The standard InChI is InChI=1S/C22H30Cl2N4O3/c1-4-5-12-28-20(25)19(21(30)26-22(28)31)27(13-11-14(2)3)17(29)10-9-15-7-6-8-16(23)18(15)24/h6-8,14H,4-5,9-13,25H2,1-3H3,(H,26,30,31). The first-order chi connectivity index (χ1) is 14.7. The molecule has 7 nitrogen and oxygen atoms in total. The molecule has 0 unspecified atom stereocenters. The van der Waals surface area contributed by atoms with Crippen LogP contribution in [0, 0.1) is 5.92 Å². The lowest BCUT2D eigenvalue weighted by molar-refractivity contribution is -0.118. The number of unbranched alkanes of at least 4 members (excludes halogenated alkanes) is 1. The van der Waals surface area contributed by atoms with Crippen LogP contribution in [0.4, 0.5) is 11.5 Å². The van der Waals surface area contributed by atoms with E-state index in [-0.39, 0.29) is 23.8 Å². The third-order valence-electron chi connectivity index (χ3n) is 5.09. The van der Waals surface area contributed by atoms with Gasteiger partial charge in [0.2, 0.25) is 5.91 Å². The number of amides is 1. The predicted molar refractivity (Wildman–Crippen MR) is 127 cm³/mol. The van der Waals surface area contributed by atoms with Crippen LogP contribution in [-0.2, 0) is 17.8 Å². The molecule has 0 spiro atoms. The summed E-state index contributed by atoms with van der Waals surface area (Å²) in [6.45, 7) is 6.75. The van der Waals surface area contributed by atoms with E-state index in [1.165, 1.54) is 9.47 Å². The molecule has 31 heavy (non-hydrogen) atoms. The lowest BCUT2D eigenvalue weighted by Crippen LogP contribution is -2.42. The van der Waals surface area contributed by atoms with E-state index in [9.17, 15) is 14.4 Å². The summed E-state index contributed by atoms with van der Waals surface area (Å²) in [5, 5.41) is 0.836. The van der Waals surface area contributed by atoms with Gasteiger partial charge in [0.05, 0.1) is 10.0 Å². The predicted octanol–water partition coefficient (Wildman–Crippen LogP) is 4.24. The summed E-state index contributed by atoms with van der Waals surface area (Å²) in [5.41, 5.74) is 5.78. The maximum absolute atomic E-state index is 13.2. The second kappa shape index (κ2) is 11.4. The Labute approximate surface area is 192 Å².